The molecule has 0 saturated heterocycles. The molecule has 0 bridgehead atoms. The fourth-order valence-corrected chi connectivity index (χ4v) is 11.9. The predicted octanol–water partition coefficient (Wildman–Crippen LogP) is 17.6. The first-order chi connectivity index (χ1) is 33.7. The minimum absolute atomic E-state index is 0.607. The third kappa shape index (κ3) is 5.49. The first kappa shape index (κ1) is 37.4. The van der Waals surface area contributed by atoms with E-state index in [1.807, 2.05) is 47.7 Å². The molecule has 0 aliphatic carbocycles. The number of aromatic nitrogens is 3. The molecule has 0 aliphatic rings. The predicted molar refractivity (Wildman–Crippen MR) is 283 cm³/mol. The zero-order valence-corrected chi connectivity index (χ0v) is 37.1. The molecule has 6 heteroatoms. The summed E-state index contributed by atoms with van der Waals surface area (Å²) in [7, 11) is 0. The first-order valence-electron chi connectivity index (χ1n) is 22.9. The third-order valence-corrected chi connectivity index (χ3v) is 15.0. The van der Waals surface area contributed by atoms with Gasteiger partial charge in [0.15, 0.2) is 5.82 Å². The monoisotopic (exact) mass is 885 g/mol. The molecule has 0 amide bonds. The van der Waals surface area contributed by atoms with Gasteiger partial charge in [0.25, 0.3) is 0 Å². The summed E-state index contributed by atoms with van der Waals surface area (Å²) in [5.41, 5.74) is 15.0. The molecule has 5 aromatic heterocycles. The van der Waals surface area contributed by atoms with Crippen molar-refractivity contribution in [3.05, 3.63) is 212 Å². The third-order valence-electron chi connectivity index (χ3n) is 13.8. The molecule has 15 rings (SSSR count). The Bertz CT molecular complexity index is 4570. The molecule has 0 fully saturated rings. The van der Waals surface area contributed by atoms with Gasteiger partial charge < -0.3 is 13.4 Å². The van der Waals surface area contributed by atoms with Gasteiger partial charge in [-0.2, -0.15) is 0 Å². The van der Waals surface area contributed by atoms with Crippen LogP contribution in [0.4, 0.5) is 0 Å². The summed E-state index contributed by atoms with van der Waals surface area (Å²) in [6, 6.07) is 75.5. The van der Waals surface area contributed by atoms with Crippen LogP contribution in [0.1, 0.15) is 0 Å². The van der Waals surface area contributed by atoms with Crippen LogP contribution in [0.2, 0.25) is 0 Å². The zero-order valence-electron chi connectivity index (χ0n) is 36.3. The fourth-order valence-electron chi connectivity index (χ4n) is 10.8. The van der Waals surface area contributed by atoms with E-state index in [2.05, 4.69) is 180 Å². The lowest BCUT2D eigenvalue weighted by Crippen LogP contribution is -1.96. The molecule has 0 saturated carbocycles. The summed E-state index contributed by atoms with van der Waals surface area (Å²) in [4.78, 5) is 10.9. The first-order valence-corrected chi connectivity index (χ1v) is 23.7. The van der Waals surface area contributed by atoms with Crippen molar-refractivity contribution in [3.8, 4) is 50.6 Å². The van der Waals surface area contributed by atoms with Crippen LogP contribution >= 0.6 is 11.3 Å². The highest BCUT2D eigenvalue weighted by atomic mass is 32.1. The number of hydrogen-bond donors (Lipinski definition) is 0. The maximum atomic E-state index is 6.55. The normalized spacial score (nSPS) is 12.1. The van der Waals surface area contributed by atoms with E-state index < -0.39 is 0 Å². The average molecular weight is 886 g/mol. The smallest absolute Gasteiger partial charge is 0.164 e. The minimum atomic E-state index is 0.607. The van der Waals surface area contributed by atoms with Gasteiger partial charge in [-0.1, -0.05) is 127 Å². The number of rotatable bonds is 5. The second-order valence-electron chi connectivity index (χ2n) is 17.6. The molecule has 0 atom stereocenters. The van der Waals surface area contributed by atoms with Crippen LogP contribution in [0.15, 0.2) is 221 Å². The molecule has 5 heterocycles. The highest BCUT2D eigenvalue weighted by Gasteiger charge is 2.22. The summed E-state index contributed by atoms with van der Waals surface area (Å²) < 4.78 is 17.9. The Morgan fingerprint density at radius 3 is 1.91 bits per heavy atom. The van der Waals surface area contributed by atoms with Gasteiger partial charge >= 0.3 is 0 Å². The molecular formula is C62H35N3O2S. The van der Waals surface area contributed by atoms with Crippen molar-refractivity contribution >= 4 is 108 Å². The molecule has 0 radical (unpaired) electrons. The lowest BCUT2D eigenvalue weighted by atomic mass is 9.94. The number of para-hydroxylation sites is 5. The van der Waals surface area contributed by atoms with E-state index in [0.717, 1.165) is 82.9 Å². The van der Waals surface area contributed by atoms with Gasteiger partial charge in [0.05, 0.1) is 27.8 Å². The quantitative estimate of drug-likeness (QED) is 0.173. The maximum absolute atomic E-state index is 6.55. The molecule has 0 aliphatic heterocycles. The molecule has 5 nitrogen and oxygen atoms in total. The Labute approximate surface area is 392 Å². The topological polar surface area (TPSA) is 57.0 Å². The Morgan fingerprint density at radius 1 is 0.368 bits per heavy atom. The molecule has 15 aromatic rings. The molecule has 10 aromatic carbocycles. The summed E-state index contributed by atoms with van der Waals surface area (Å²) >= 11 is 1.84. The molecule has 316 valence electrons. The molecule has 0 unspecified atom stereocenters. The van der Waals surface area contributed by atoms with Crippen molar-refractivity contribution in [2.45, 2.75) is 0 Å². The van der Waals surface area contributed by atoms with Crippen LogP contribution in [-0.4, -0.2) is 14.5 Å². The van der Waals surface area contributed by atoms with Gasteiger partial charge in [-0.25, -0.2) is 9.97 Å². The van der Waals surface area contributed by atoms with Crippen molar-refractivity contribution in [3.63, 3.8) is 0 Å². The van der Waals surface area contributed by atoms with Crippen molar-refractivity contribution in [1.29, 1.82) is 0 Å². The van der Waals surface area contributed by atoms with Crippen molar-refractivity contribution in [1.82, 2.24) is 14.5 Å². The molecule has 0 spiro atoms. The van der Waals surface area contributed by atoms with Gasteiger partial charge in [0.1, 0.15) is 22.3 Å². The van der Waals surface area contributed by atoms with Crippen molar-refractivity contribution in [2.24, 2.45) is 0 Å². The van der Waals surface area contributed by atoms with E-state index in [1.165, 1.54) is 58.7 Å². The standard InChI is InChI=1S/C62H35N3O2S/c1-2-13-39(14-3-1)65-51-22-7-4-15-41(51)47-33-36(28-31-52(47)65)37-29-32-56-49(34-37)59-40(18-12-26-57(59)68-56)38-27-30-50-48(35-38)60(45-20-11-25-55-58(45)44-17-6-9-24-54(44)66-55)64-62(63-50)46-21-10-19-43-42-16-5-8-23-53(42)67-61(43)46/h1-35H. The van der Waals surface area contributed by atoms with Gasteiger partial charge in [-0.15, -0.1) is 11.3 Å². The van der Waals surface area contributed by atoms with Crippen LogP contribution in [0.5, 0.6) is 0 Å². The summed E-state index contributed by atoms with van der Waals surface area (Å²) in [5.74, 6) is 0.607. The number of fused-ring (bicyclic) bond motifs is 13. The number of benzene rings is 10. The van der Waals surface area contributed by atoms with Gasteiger partial charge in [-0.3, -0.25) is 0 Å². The molecular weight excluding hydrogens is 851 g/mol. The highest BCUT2D eigenvalue weighted by Crippen LogP contribution is 2.45. The van der Waals surface area contributed by atoms with Crippen LogP contribution < -0.4 is 0 Å². The number of thiophene rings is 1. The van der Waals surface area contributed by atoms with E-state index in [9.17, 15) is 0 Å². The van der Waals surface area contributed by atoms with Crippen LogP contribution in [0, 0.1) is 0 Å². The van der Waals surface area contributed by atoms with E-state index >= 15 is 0 Å². The lowest BCUT2D eigenvalue weighted by Gasteiger charge is -2.13. The SMILES string of the molecule is c1ccc(-n2c3ccccc3c3cc(-c4ccc5sc6cccc(-c7ccc8nc(-c9cccc%10c9oc9ccccc9%10)nc(-c9cccc%10oc%11ccccc%11c9%10)c8c7)c6c5c4)ccc32)cc1. The fraction of sp³-hybridized carbons (Fsp3) is 0. The van der Waals surface area contributed by atoms with Crippen LogP contribution in [0.25, 0.3) is 147 Å². The largest absolute Gasteiger partial charge is 0.456 e. The van der Waals surface area contributed by atoms with E-state index in [0.29, 0.717) is 5.82 Å². The van der Waals surface area contributed by atoms with Crippen LogP contribution in [-0.2, 0) is 0 Å². The Hall–Kier alpha value is -8.84. The van der Waals surface area contributed by atoms with Crippen molar-refractivity contribution in [2.75, 3.05) is 0 Å². The Kier molecular flexibility index (Phi) is 7.88. The minimum Gasteiger partial charge on any atom is -0.456 e. The summed E-state index contributed by atoms with van der Waals surface area (Å²) in [6.07, 6.45) is 0. The number of furan rings is 2. The van der Waals surface area contributed by atoms with Gasteiger partial charge in [0.2, 0.25) is 0 Å². The Morgan fingerprint density at radius 2 is 1.01 bits per heavy atom. The number of nitrogens with zero attached hydrogens (tertiary/aromatic N) is 3. The van der Waals surface area contributed by atoms with E-state index in [-0.39, 0.29) is 0 Å². The second-order valence-corrected chi connectivity index (χ2v) is 18.7. The lowest BCUT2D eigenvalue weighted by molar-refractivity contribution is 0.668. The molecule has 0 N–H and O–H groups in total. The Balaban J connectivity index is 0.932. The summed E-state index contributed by atoms with van der Waals surface area (Å²) in [5, 5.41) is 10.1. The van der Waals surface area contributed by atoms with E-state index in [1.54, 1.807) is 0 Å². The van der Waals surface area contributed by atoms with E-state index in [4.69, 9.17) is 18.8 Å². The van der Waals surface area contributed by atoms with Gasteiger partial charge in [-0.05, 0) is 107 Å². The van der Waals surface area contributed by atoms with Crippen LogP contribution in [0.3, 0.4) is 0 Å². The summed E-state index contributed by atoms with van der Waals surface area (Å²) in [6.45, 7) is 0. The van der Waals surface area contributed by atoms with Crippen molar-refractivity contribution < 1.29 is 8.83 Å². The number of hydrogen-bond acceptors (Lipinski definition) is 5. The zero-order chi connectivity index (χ0) is 44.5. The second kappa shape index (κ2) is 14.3. The molecule has 68 heavy (non-hydrogen) atoms. The average Bonchev–Trinajstić information content (AvgIpc) is 4.17. The highest BCUT2D eigenvalue weighted by molar-refractivity contribution is 7.26. The van der Waals surface area contributed by atoms with Gasteiger partial charge in [0, 0.05) is 69.1 Å². The maximum Gasteiger partial charge on any atom is 0.164 e.